The van der Waals surface area contributed by atoms with Crippen molar-refractivity contribution in [3.05, 3.63) is 69.7 Å². The molecule has 23 heavy (non-hydrogen) atoms. The molecule has 2 rings (SSSR count). The van der Waals surface area contributed by atoms with Gasteiger partial charge in [-0.3, -0.25) is 4.31 Å². The summed E-state index contributed by atoms with van der Waals surface area (Å²) in [5.74, 6) is 0. The monoisotopic (exact) mass is 389 g/mol. The van der Waals surface area contributed by atoms with Crippen molar-refractivity contribution in [1.82, 2.24) is 0 Å². The van der Waals surface area contributed by atoms with Crippen molar-refractivity contribution < 1.29 is 8.42 Å². The van der Waals surface area contributed by atoms with E-state index in [2.05, 4.69) is 6.58 Å². The van der Waals surface area contributed by atoms with Gasteiger partial charge in [0.1, 0.15) is 4.90 Å². The molecule has 0 aliphatic carbocycles. The molecule has 0 aliphatic rings. The predicted molar refractivity (Wildman–Crippen MR) is 97.4 cm³/mol. The summed E-state index contributed by atoms with van der Waals surface area (Å²) in [6, 6.07) is 9.36. The number of halogens is 3. The van der Waals surface area contributed by atoms with E-state index >= 15 is 0 Å². The van der Waals surface area contributed by atoms with Crippen LogP contribution in [0.3, 0.4) is 0 Å². The summed E-state index contributed by atoms with van der Waals surface area (Å²) in [6.07, 6.45) is 1.50. The molecule has 3 nitrogen and oxygen atoms in total. The predicted octanol–water partition coefficient (Wildman–Crippen LogP) is 5.34. The van der Waals surface area contributed by atoms with Gasteiger partial charge in [-0.2, -0.15) is 0 Å². The summed E-state index contributed by atoms with van der Waals surface area (Å²) in [4.78, 5) is -0.0621. The van der Waals surface area contributed by atoms with Crippen molar-refractivity contribution >= 4 is 50.5 Å². The zero-order valence-corrected chi connectivity index (χ0v) is 15.3. The summed E-state index contributed by atoms with van der Waals surface area (Å²) in [7, 11) is -3.92. The number of hydrogen-bond acceptors (Lipinski definition) is 2. The smallest absolute Gasteiger partial charge is 0.262 e. The maximum atomic E-state index is 13.1. The SMILES string of the molecule is C=CCN(c1cc(Cl)ccc1C)S(=O)(=O)c1cc(Cl)ccc1Cl. The average molecular weight is 391 g/mol. The molecule has 7 heteroatoms. The van der Waals surface area contributed by atoms with Gasteiger partial charge < -0.3 is 0 Å². The Morgan fingerprint density at radius 1 is 1.09 bits per heavy atom. The van der Waals surface area contributed by atoms with Crippen LogP contribution in [0.4, 0.5) is 5.69 Å². The van der Waals surface area contributed by atoms with Crippen molar-refractivity contribution in [1.29, 1.82) is 0 Å². The molecule has 0 aliphatic heterocycles. The van der Waals surface area contributed by atoms with Gasteiger partial charge in [-0.25, -0.2) is 8.42 Å². The van der Waals surface area contributed by atoms with Crippen LogP contribution in [0, 0.1) is 6.92 Å². The number of rotatable bonds is 5. The fourth-order valence-corrected chi connectivity index (χ4v) is 4.49. The molecule has 0 spiro atoms. The topological polar surface area (TPSA) is 37.4 Å². The quantitative estimate of drug-likeness (QED) is 0.646. The van der Waals surface area contributed by atoms with Gasteiger partial charge in [-0.1, -0.05) is 46.9 Å². The van der Waals surface area contributed by atoms with E-state index in [9.17, 15) is 8.42 Å². The Kier molecular flexibility index (Phi) is 5.63. The minimum Gasteiger partial charge on any atom is -0.262 e. The molecule has 0 unspecified atom stereocenters. The van der Waals surface area contributed by atoms with E-state index in [1.165, 1.54) is 28.6 Å². The highest BCUT2D eigenvalue weighted by Crippen LogP contribution is 2.33. The molecule has 2 aromatic carbocycles. The highest BCUT2D eigenvalue weighted by atomic mass is 35.5. The molecule has 0 saturated carbocycles. The van der Waals surface area contributed by atoms with Gasteiger partial charge in [-0.15, -0.1) is 6.58 Å². The van der Waals surface area contributed by atoms with E-state index in [0.29, 0.717) is 10.7 Å². The first-order valence-corrected chi connectivity index (χ1v) is 9.19. The fourth-order valence-electron chi connectivity index (χ4n) is 2.09. The van der Waals surface area contributed by atoms with Crippen molar-refractivity contribution in [2.75, 3.05) is 10.8 Å². The molecule has 0 radical (unpaired) electrons. The number of anilines is 1. The molecule has 0 heterocycles. The minimum absolute atomic E-state index is 0.0621. The number of benzene rings is 2. The Hall–Kier alpha value is -1.20. The van der Waals surface area contributed by atoms with Gasteiger partial charge in [0.15, 0.2) is 0 Å². The lowest BCUT2D eigenvalue weighted by Gasteiger charge is -2.25. The average Bonchev–Trinajstić information content (AvgIpc) is 2.49. The maximum absolute atomic E-state index is 13.1. The Labute approximate surface area is 151 Å². The largest absolute Gasteiger partial charge is 0.266 e. The first-order valence-electron chi connectivity index (χ1n) is 6.62. The molecule has 0 atom stereocenters. The lowest BCUT2D eigenvalue weighted by molar-refractivity contribution is 0.593. The van der Waals surface area contributed by atoms with Crippen LogP contribution in [0.2, 0.25) is 15.1 Å². The second-order valence-electron chi connectivity index (χ2n) is 4.83. The zero-order chi connectivity index (χ0) is 17.2. The van der Waals surface area contributed by atoms with E-state index in [1.54, 1.807) is 25.1 Å². The standard InChI is InChI=1S/C16H14Cl3NO2S/c1-3-8-20(15-9-12(17)5-4-11(15)2)23(21,22)16-10-13(18)6-7-14(16)19/h3-7,9-10H,1,8H2,2H3. The second kappa shape index (κ2) is 7.14. The lowest BCUT2D eigenvalue weighted by Crippen LogP contribution is -2.32. The van der Waals surface area contributed by atoms with Crippen LogP contribution in [0.25, 0.3) is 0 Å². The molecule has 0 fully saturated rings. The van der Waals surface area contributed by atoms with E-state index in [0.717, 1.165) is 5.56 Å². The summed E-state index contributed by atoms with van der Waals surface area (Å²) in [5, 5.41) is 0.824. The third-order valence-electron chi connectivity index (χ3n) is 3.20. The molecule has 0 N–H and O–H groups in total. The van der Waals surface area contributed by atoms with Crippen LogP contribution >= 0.6 is 34.8 Å². The van der Waals surface area contributed by atoms with Crippen molar-refractivity contribution in [2.45, 2.75) is 11.8 Å². The van der Waals surface area contributed by atoms with Crippen LogP contribution in [-0.4, -0.2) is 15.0 Å². The minimum atomic E-state index is -3.92. The Morgan fingerprint density at radius 2 is 1.70 bits per heavy atom. The van der Waals surface area contributed by atoms with Crippen LogP contribution in [0.15, 0.2) is 53.9 Å². The van der Waals surface area contributed by atoms with E-state index in [4.69, 9.17) is 34.8 Å². The molecule has 0 bridgehead atoms. The lowest BCUT2D eigenvalue weighted by atomic mass is 10.2. The summed E-state index contributed by atoms with van der Waals surface area (Å²) >= 11 is 18.0. The Balaban J connectivity index is 2.67. The maximum Gasteiger partial charge on any atom is 0.266 e. The Bertz CT molecular complexity index is 850. The third kappa shape index (κ3) is 3.83. The van der Waals surface area contributed by atoms with Gasteiger partial charge in [0.2, 0.25) is 0 Å². The van der Waals surface area contributed by atoms with Crippen LogP contribution in [-0.2, 0) is 10.0 Å². The van der Waals surface area contributed by atoms with E-state index in [-0.39, 0.29) is 21.5 Å². The summed E-state index contributed by atoms with van der Waals surface area (Å²) < 4.78 is 27.3. The summed E-state index contributed by atoms with van der Waals surface area (Å²) in [5.41, 5.74) is 1.23. The van der Waals surface area contributed by atoms with Crippen molar-refractivity contribution in [3.8, 4) is 0 Å². The van der Waals surface area contributed by atoms with Gasteiger partial charge in [0.25, 0.3) is 10.0 Å². The van der Waals surface area contributed by atoms with E-state index in [1.807, 2.05) is 0 Å². The first-order chi connectivity index (χ1) is 10.8. The van der Waals surface area contributed by atoms with Crippen LogP contribution in [0.5, 0.6) is 0 Å². The van der Waals surface area contributed by atoms with Crippen molar-refractivity contribution in [2.24, 2.45) is 0 Å². The fraction of sp³-hybridized carbons (Fsp3) is 0.125. The summed E-state index contributed by atoms with van der Waals surface area (Å²) in [6.45, 7) is 5.51. The molecular weight excluding hydrogens is 377 g/mol. The second-order valence-corrected chi connectivity index (χ2v) is 7.94. The van der Waals surface area contributed by atoms with Gasteiger partial charge in [0, 0.05) is 10.0 Å². The van der Waals surface area contributed by atoms with E-state index < -0.39 is 10.0 Å². The number of aryl methyl sites for hydroxylation is 1. The molecule has 0 amide bonds. The number of hydrogen-bond donors (Lipinski definition) is 0. The number of nitrogens with zero attached hydrogens (tertiary/aromatic N) is 1. The zero-order valence-electron chi connectivity index (χ0n) is 12.3. The van der Waals surface area contributed by atoms with Crippen LogP contribution in [0.1, 0.15) is 5.56 Å². The molecular formula is C16H14Cl3NO2S. The third-order valence-corrected chi connectivity index (χ3v) is 5.93. The van der Waals surface area contributed by atoms with Gasteiger partial charge in [-0.05, 0) is 42.8 Å². The highest BCUT2D eigenvalue weighted by Gasteiger charge is 2.27. The molecule has 2 aromatic rings. The Morgan fingerprint density at radius 3 is 2.35 bits per heavy atom. The van der Waals surface area contributed by atoms with Gasteiger partial charge in [0.05, 0.1) is 17.3 Å². The molecule has 0 saturated heterocycles. The molecule has 0 aromatic heterocycles. The molecule has 122 valence electrons. The normalized spacial score (nSPS) is 11.3. The number of sulfonamides is 1. The first kappa shape index (κ1) is 18.1. The highest BCUT2D eigenvalue weighted by molar-refractivity contribution is 7.93. The van der Waals surface area contributed by atoms with Crippen LogP contribution < -0.4 is 4.31 Å². The van der Waals surface area contributed by atoms with Gasteiger partial charge >= 0.3 is 0 Å². The van der Waals surface area contributed by atoms with Crippen molar-refractivity contribution in [3.63, 3.8) is 0 Å².